The second kappa shape index (κ2) is 7.22. The number of methoxy groups -OCH3 is 1. The number of carbonyl (C=O) groups is 2. The van der Waals surface area contributed by atoms with Crippen molar-refractivity contribution in [1.29, 1.82) is 5.26 Å². The van der Waals surface area contributed by atoms with Crippen molar-refractivity contribution in [1.82, 2.24) is 0 Å². The number of fused-ring (bicyclic) bond motifs is 3. The van der Waals surface area contributed by atoms with Crippen LogP contribution in [0.5, 0.6) is 5.75 Å². The van der Waals surface area contributed by atoms with Crippen molar-refractivity contribution < 1.29 is 14.3 Å². The Bertz CT molecular complexity index is 1350. The lowest BCUT2D eigenvalue weighted by Gasteiger charge is -2.46. The first-order valence-corrected chi connectivity index (χ1v) is 11.2. The summed E-state index contributed by atoms with van der Waals surface area (Å²) >= 11 is 0. The highest BCUT2D eigenvalue weighted by molar-refractivity contribution is 6.20. The maximum absolute atomic E-state index is 14.0. The molecule has 1 atom stereocenters. The normalized spacial score (nSPS) is 23.3. The zero-order valence-electron chi connectivity index (χ0n) is 19.7. The monoisotopic (exact) mass is 454 g/mol. The fourth-order valence-corrected chi connectivity index (χ4v) is 5.69. The second-order valence-electron chi connectivity index (χ2n) is 9.80. The number of nitriles is 1. The van der Waals surface area contributed by atoms with Crippen LogP contribution in [0.15, 0.2) is 71.2 Å². The molecule has 34 heavy (non-hydrogen) atoms. The third-order valence-electron chi connectivity index (χ3n) is 7.11. The lowest BCUT2D eigenvalue weighted by atomic mass is 9.60. The van der Waals surface area contributed by atoms with Crippen LogP contribution in [0.4, 0.5) is 11.4 Å². The Hall–Kier alpha value is -4.05. The number of amides is 1. The van der Waals surface area contributed by atoms with Crippen LogP contribution < -0.4 is 20.3 Å². The van der Waals surface area contributed by atoms with Gasteiger partial charge in [0, 0.05) is 41.7 Å². The summed E-state index contributed by atoms with van der Waals surface area (Å²) in [6.07, 6.45) is 0.808. The first kappa shape index (κ1) is 21.8. The van der Waals surface area contributed by atoms with Gasteiger partial charge in [-0.15, -0.1) is 0 Å². The number of allylic oxidation sites excluding steroid dienone is 1. The molecule has 2 aromatic carbocycles. The quantitative estimate of drug-likeness (QED) is 0.742. The summed E-state index contributed by atoms with van der Waals surface area (Å²) in [5.41, 5.74) is 7.96. The topological polar surface area (TPSA) is 99.7 Å². The summed E-state index contributed by atoms with van der Waals surface area (Å²) in [6, 6.07) is 16.8. The molecule has 0 fully saturated rings. The maximum Gasteiger partial charge on any atom is 0.247 e. The van der Waals surface area contributed by atoms with Crippen LogP contribution in [-0.2, 0) is 15.0 Å². The number of nitrogens with two attached hydrogens (primary N) is 1. The van der Waals surface area contributed by atoms with E-state index in [9.17, 15) is 14.9 Å². The van der Waals surface area contributed by atoms with Gasteiger partial charge in [0.05, 0.1) is 12.7 Å². The molecule has 0 radical (unpaired) electrons. The maximum atomic E-state index is 14.0. The van der Waals surface area contributed by atoms with Crippen molar-refractivity contribution in [2.24, 2.45) is 11.1 Å². The van der Waals surface area contributed by atoms with E-state index in [1.54, 1.807) is 31.2 Å². The average Bonchev–Trinajstić information content (AvgIpc) is 3.02. The van der Waals surface area contributed by atoms with Crippen LogP contribution in [0.1, 0.15) is 32.3 Å². The number of hydrogen-bond acceptors (Lipinski definition) is 6. The molecule has 2 aromatic rings. The first-order valence-electron chi connectivity index (χ1n) is 11.2. The van der Waals surface area contributed by atoms with Crippen LogP contribution in [0, 0.1) is 16.7 Å². The van der Waals surface area contributed by atoms with E-state index in [4.69, 9.17) is 10.5 Å². The predicted octanol–water partition coefficient (Wildman–Crippen LogP) is 3.77. The largest absolute Gasteiger partial charge is 0.497 e. The minimum absolute atomic E-state index is 0.0805. The van der Waals surface area contributed by atoms with Gasteiger partial charge in [-0.2, -0.15) is 5.26 Å². The number of para-hydroxylation sites is 1. The van der Waals surface area contributed by atoms with E-state index in [2.05, 4.69) is 6.07 Å². The van der Waals surface area contributed by atoms with Crippen LogP contribution in [0.25, 0.3) is 0 Å². The summed E-state index contributed by atoms with van der Waals surface area (Å²) in [5.74, 6) is 0.373. The zero-order valence-corrected chi connectivity index (χ0v) is 19.7. The highest BCUT2D eigenvalue weighted by Gasteiger charge is 2.62. The van der Waals surface area contributed by atoms with Gasteiger partial charge in [-0.3, -0.25) is 14.5 Å². The third kappa shape index (κ3) is 2.69. The Morgan fingerprint density at radius 3 is 2.38 bits per heavy atom. The molecule has 2 heterocycles. The number of ether oxygens (including phenoxy) is 1. The zero-order chi connectivity index (χ0) is 24.4. The highest BCUT2D eigenvalue weighted by atomic mass is 16.5. The molecule has 5 rings (SSSR count). The van der Waals surface area contributed by atoms with Gasteiger partial charge in [0.25, 0.3) is 0 Å². The van der Waals surface area contributed by atoms with E-state index in [-0.39, 0.29) is 34.9 Å². The predicted molar refractivity (Wildman–Crippen MR) is 129 cm³/mol. The fourth-order valence-electron chi connectivity index (χ4n) is 5.69. The molecular weight excluding hydrogens is 428 g/mol. The Labute approximate surface area is 198 Å². The number of carbonyl (C=O) groups excluding carboxylic acids is 2. The number of anilines is 2. The van der Waals surface area contributed by atoms with Crippen molar-refractivity contribution in [3.63, 3.8) is 0 Å². The van der Waals surface area contributed by atoms with Gasteiger partial charge in [0.2, 0.25) is 5.91 Å². The van der Waals surface area contributed by atoms with Crippen LogP contribution in [0.3, 0.4) is 0 Å². The van der Waals surface area contributed by atoms with E-state index in [0.29, 0.717) is 40.4 Å². The molecule has 1 spiro atoms. The summed E-state index contributed by atoms with van der Waals surface area (Å²) in [7, 11) is 3.26. The summed E-state index contributed by atoms with van der Waals surface area (Å²) in [4.78, 5) is 31.2. The van der Waals surface area contributed by atoms with Crippen molar-refractivity contribution in [3.8, 4) is 11.8 Å². The molecule has 1 amide bonds. The number of likely N-dealkylation sites (N-methyl/N-ethyl adjacent to an activating group) is 1. The summed E-state index contributed by atoms with van der Waals surface area (Å²) in [5, 5.41) is 10.4. The molecule has 0 aromatic heterocycles. The molecule has 7 heteroatoms. The Morgan fingerprint density at radius 2 is 1.74 bits per heavy atom. The lowest BCUT2D eigenvalue weighted by Crippen LogP contribution is -2.53. The average molecular weight is 455 g/mol. The number of hydrogen-bond donors (Lipinski definition) is 1. The second-order valence-corrected chi connectivity index (χ2v) is 9.80. The fraction of sp³-hybridized carbons (Fsp3) is 0.296. The molecule has 2 N–H and O–H groups in total. The molecule has 172 valence electrons. The van der Waals surface area contributed by atoms with Gasteiger partial charge in [0.1, 0.15) is 23.1 Å². The lowest BCUT2D eigenvalue weighted by molar-refractivity contribution is -0.124. The minimum atomic E-state index is -1.55. The molecule has 0 saturated carbocycles. The molecular formula is C27H26N4O3. The van der Waals surface area contributed by atoms with Crippen molar-refractivity contribution in [3.05, 3.63) is 76.8 Å². The standard InChI is InChI=1S/C27H26N4O3/c1-26(2)13-21-23(22(32)14-26)27(18-7-5-6-8-20(18)30(3)25(27)33)19(15-28)24(29)31(21)16-9-11-17(34-4)12-10-16/h5-12H,13-14,29H2,1-4H3. The molecule has 0 bridgehead atoms. The van der Waals surface area contributed by atoms with Crippen LogP contribution >= 0.6 is 0 Å². The number of benzene rings is 2. The van der Waals surface area contributed by atoms with Gasteiger partial charge in [-0.25, -0.2) is 0 Å². The van der Waals surface area contributed by atoms with Gasteiger partial charge >= 0.3 is 0 Å². The Morgan fingerprint density at radius 1 is 1.06 bits per heavy atom. The van der Waals surface area contributed by atoms with Crippen molar-refractivity contribution in [2.75, 3.05) is 24.0 Å². The van der Waals surface area contributed by atoms with E-state index >= 15 is 0 Å². The Kier molecular flexibility index (Phi) is 4.63. The third-order valence-corrected chi connectivity index (χ3v) is 7.11. The SMILES string of the molecule is COc1ccc(N2C(N)=C(C#N)C3(C(=O)N(C)c4ccccc43)C3=C2CC(C)(C)CC3=O)cc1. The number of Topliss-reactive ketones (excluding diaryl/α,β-unsaturated/α-hetero) is 1. The minimum Gasteiger partial charge on any atom is -0.497 e. The van der Waals surface area contributed by atoms with E-state index < -0.39 is 5.41 Å². The Balaban J connectivity index is 1.88. The summed E-state index contributed by atoms with van der Waals surface area (Å²) in [6.45, 7) is 4.06. The summed E-state index contributed by atoms with van der Waals surface area (Å²) < 4.78 is 5.29. The van der Waals surface area contributed by atoms with Crippen LogP contribution in [0.2, 0.25) is 0 Å². The number of nitrogens with zero attached hydrogens (tertiary/aromatic N) is 3. The van der Waals surface area contributed by atoms with Gasteiger partial charge < -0.3 is 15.4 Å². The van der Waals surface area contributed by atoms with E-state index in [1.807, 2.05) is 50.2 Å². The molecule has 0 saturated heterocycles. The van der Waals surface area contributed by atoms with Crippen molar-refractivity contribution in [2.45, 2.75) is 32.1 Å². The molecule has 1 unspecified atom stereocenters. The van der Waals surface area contributed by atoms with Gasteiger partial charge in [-0.05, 0) is 42.2 Å². The molecule has 7 nitrogen and oxygen atoms in total. The van der Waals surface area contributed by atoms with Gasteiger partial charge in [0.15, 0.2) is 5.78 Å². The number of rotatable bonds is 2. The number of ketones is 1. The molecule has 2 aliphatic heterocycles. The van der Waals surface area contributed by atoms with Gasteiger partial charge in [-0.1, -0.05) is 32.0 Å². The molecule has 1 aliphatic carbocycles. The highest BCUT2D eigenvalue weighted by Crippen LogP contribution is 2.58. The van der Waals surface area contributed by atoms with E-state index in [1.165, 1.54) is 4.90 Å². The van der Waals surface area contributed by atoms with Crippen LogP contribution in [-0.4, -0.2) is 25.8 Å². The molecule has 3 aliphatic rings. The van der Waals surface area contributed by atoms with Crippen molar-refractivity contribution >= 4 is 23.1 Å². The smallest absolute Gasteiger partial charge is 0.247 e. The first-order chi connectivity index (χ1) is 16.2. The van der Waals surface area contributed by atoms with E-state index in [0.717, 1.165) is 0 Å².